The third-order valence-corrected chi connectivity index (χ3v) is 5.12. The summed E-state index contributed by atoms with van der Waals surface area (Å²) < 4.78 is 20.1. The molecule has 2 aliphatic heterocycles. The van der Waals surface area contributed by atoms with Gasteiger partial charge in [-0.2, -0.15) is 0 Å². The van der Waals surface area contributed by atoms with Gasteiger partial charge in [-0.05, 0) is 25.0 Å². The van der Waals surface area contributed by atoms with Crippen LogP contribution >= 0.6 is 24.2 Å². The van der Waals surface area contributed by atoms with E-state index < -0.39 is 18.2 Å². The number of fused-ring (bicyclic) bond motifs is 1. The molecule has 22 heavy (non-hydrogen) atoms. The molecule has 2 aliphatic rings. The maximum absolute atomic E-state index is 14.2. The van der Waals surface area contributed by atoms with Gasteiger partial charge in [-0.3, -0.25) is 4.79 Å². The summed E-state index contributed by atoms with van der Waals surface area (Å²) in [4.78, 5) is 13.0. The molecular weight excluding hydrogens is 329 g/mol. The molecule has 120 valence electrons. The van der Waals surface area contributed by atoms with Crippen molar-refractivity contribution in [1.29, 1.82) is 0 Å². The van der Waals surface area contributed by atoms with E-state index in [1.165, 1.54) is 4.90 Å². The average molecular weight is 346 g/mol. The number of carbonyl (C=O) groups excluding carboxylic acids is 1. The standard InChI is InChI=1S/C15H17ClFNO3S/c1-7-2-3-9(16)8(12(7)17)6-11-14(19)13-10(21-11)4-5-18(13)15(20)22/h2-3,10-11,13-14,19H,4-6H2,1H3,(H,20,22)/t10-,11?,13+,14?/m1/s1. The summed E-state index contributed by atoms with van der Waals surface area (Å²) in [6, 6.07) is 2.84. The van der Waals surface area contributed by atoms with Gasteiger partial charge in [0.05, 0.1) is 18.2 Å². The summed E-state index contributed by atoms with van der Waals surface area (Å²) in [7, 11) is 0. The molecule has 1 N–H and O–H groups in total. The molecule has 0 spiro atoms. The molecule has 1 aromatic rings. The molecule has 2 fully saturated rings. The highest BCUT2D eigenvalue weighted by Gasteiger charge is 2.51. The Labute approximate surface area is 138 Å². The van der Waals surface area contributed by atoms with Crippen LogP contribution in [0.25, 0.3) is 0 Å². The SMILES string of the molecule is Cc1ccc(Cl)c(CC2O[C@@H]3CCN(C(=O)S)[C@@H]3C2O)c1F. The maximum Gasteiger partial charge on any atom is 0.278 e. The van der Waals surface area contributed by atoms with E-state index in [1.54, 1.807) is 19.1 Å². The van der Waals surface area contributed by atoms with E-state index >= 15 is 0 Å². The number of aliphatic hydroxyl groups excluding tert-OH is 1. The molecule has 3 rings (SSSR count). The first kappa shape index (κ1) is 16.1. The highest BCUT2D eigenvalue weighted by atomic mass is 35.5. The van der Waals surface area contributed by atoms with E-state index in [9.17, 15) is 14.3 Å². The zero-order chi connectivity index (χ0) is 16.0. The number of likely N-dealkylation sites (tertiary alicyclic amines) is 1. The number of nitrogens with zero attached hydrogens (tertiary/aromatic N) is 1. The van der Waals surface area contributed by atoms with E-state index in [0.29, 0.717) is 29.1 Å². The Hall–Kier alpha value is -0.820. The lowest BCUT2D eigenvalue weighted by Crippen LogP contribution is -2.44. The van der Waals surface area contributed by atoms with Crippen LogP contribution in [-0.4, -0.2) is 46.1 Å². The summed E-state index contributed by atoms with van der Waals surface area (Å²) in [5.41, 5.74) is 0.841. The predicted octanol–water partition coefficient (Wildman–Crippen LogP) is 2.58. The average Bonchev–Trinajstić information content (AvgIpc) is 3.00. The van der Waals surface area contributed by atoms with Crippen LogP contribution in [-0.2, 0) is 11.2 Å². The van der Waals surface area contributed by atoms with Crippen LogP contribution in [0.2, 0.25) is 5.02 Å². The van der Waals surface area contributed by atoms with Crippen molar-refractivity contribution in [2.24, 2.45) is 0 Å². The lowest BCUT2D eigenvalue weighted by atomic mass is 9.98. The minimum absolute atomic E-state index is 0.176. The summed E-state index contributed by atoms with van der Waals surface area (Å²) in [5.74, 6) is -0.373. The Morgan fingerprint density at radius 1 is 1.59 bits per heavy atom. The van der Waals surface area contributed by atoms with Crippen molar-refractivity contribution >= 4 is 29.5 Å². The molecule has 7 heteroatoms. The van der Waals surface area contributed by atoms with Crippen molar-refractivity contribution in [2.75, 3.05) is 6.54 Å². The Balaban J connectivity index is 1.81. The van der Waals surface area contributed by atoms with Gasteiger partial charge in [-0.1, -0.05) is 30.3 Å². The number of benzene rings is 1. The van der Waals surface area contributed by atoms with Crippen molar-refractivity contribution < 1.29 is 19.0 Å². The molecule has 2 saturated heterocycles. The first-order valence-electron chi connectivity index (χ1n) is 7.16. The minimum Gasteiger partial charge on any atom is -0.388 e. The van der Waals surface area contributed by atoms with Gasteiger partial charge in [0.1, 0.15) is 11.9 Å². The number of carbonyl (C=O) groups is 1. The van der Waals surface area contributed by atoms with Crippen molar-refractivity contribution in [3.05, 3.63) is 34.1 Å². The van der Waals surface area contributed by atoms with E-state index in [0.717, 1.165) is 0 Å². The summed E-state index contributed by atoms with van der Waals surface area (Å²) >= 11 is 9.90. The number of halogens is 2. The van der Waals surface area contributed by atoms with Crippen LogP contribution in [0.5, 0.6) is 0 Å². The monoisotopic (exact) mass is 345 g/mol. The second-order valence-corrected chi connectivity index (χ2v) is 6.61. The third kappa shape index (κ3) is 2.62. The lowest BCUT2D eigenvalue weighted by Gasteiger charge is -2.25. The fraction of sp³-hybridized carbons (Fsp3) is 0.533. The summed E-state index contributed by atoms with van der Waals surface area (Å²) in [5, 5.41) is 10.4. The molecule has 4 atom stereocenters. The molecule has 0 aromatic heterocycles. The molecule has 1 aromatic carbocycles. The Kier molecular flexibility index (Phi) is 4.38. The summed E-state index contributed by atoms with van der Waals surface area (Å²) in [6.07, 6.45) is -0.870. The normalized spacial score (nSPS) is 30.7. The number of rotatable bonds is 2. The predicted molar refractivity (Wildman–Crippen MR) is 84.0 cm³/mol. The van der Waals surface area contributed by atoms with Gasteiger partial charge < -0.3 is 14.7 Å². The zero-order valence-electron chi connectivity index (χ0n) is 12.0. The van der Waals surface area contributed by atoms with Crippen LogP contribution in [0, 0.1) is 12.7 Å². The molecular formula is C15H17ClFNO3S. The van der Waals surface area contributed by atoms with Gasteiger partial charge in [-0.25, -0.2) is 4.39 Å². The number of thiol groups is 1. The van der Waals surface area contributed by atoms with Crippen LogP contribution in [0.4, 0.5) is 9.18 Å². The quantitative estimate of drug-likeness (QED) is 0.810. The van der Waals surface area contributed by atoms with Gasteiger partial charge in [0, 0.05) is 23.6 Å². The highest BCUT2D eigenvalue weighted by Crippen LogP contribution is 2.36. The smallest absolute Gasteiger partial charge is 0.278 e. The Bertz CT molecular complexity index is 615. The largest absolute Gasteiger partial charge is 0.388 e. The van der Waals surface area contributed by atoms with Crippen LogP contribution in [0.1, 0.15) is 17.5 Å². The molecule has 0 radical (unpaired) electrons. The maximum atomic E-state index is 14.2. The first-order chi connectivity index (χ1) is 10.4. The van der Waals surface area contributed by atoms with E-state index in [-0.39, 0.29) is 23.6 Å². The topological polar surface area (TPSA) is 49.8 Å². The molecule has 2 heterocycles. The van der Waals surface area contributed by atoms with Crippen molar-refractivity contribution in [1.82, 2.24) is 4.90 Å². The van der Waals surface area contributed by atoms with Gasteiger partial charge in [0.2, 0.25) is 0 Å². The van der Waals surface area contributed by atoms with Gasteiger partial charge in [0.25, 0.3) is 5.24 Å². The minimum atomic E-state index is -0.875. The molecule has 0 bridgehead atoms. The number of aryl methyl sites for hydroxylation is 1. The van der Waals surface area contributed by atoms with Crippen molar-refractivity contribution in [2.45, 2.75) is 44.1 Å². The third-order valence-electron chi connectivity index (χ3n) is 4.51. The van der Waals surface area contributed by atoms with E-state index in [2.05, 4.69) is 12.6 Å². The summed E-state index contributed by atoms with van der Waals surface area (Å²) in [6.45, 7) is 2.18. The number of ether oxygens (including phenoxy) is 1. The van der Waals surface area contributed by atoms with Gasteiger partial charge in [0.15, 0.2) is 0 Å². The second-order valence-electron chi connectivity index (χ2n) is 5.82. The first-order valence-corrected chi connectivity index (χ1v) is 7.99. The van der Waals surface area contributed by atoms with Crippen LogP contribution < -0.4 is 0 Å². The molecule has 1 amide bonds. The number of aliphatic hydroxyl groups is 1. The Morgan fingerprint density at radius 2 is 2.32 bits per heavy atom. The van der Waals surface area contributed by atoms with Crippen LogP contribution in [0.3, 0.4) is 0 Å². The Morgan fingerprint density at radius 3 is 3.00 bits per heavy atom. The molecule has 2 unspecified atom stereocenters. The molecule has 0 aliphatic carbocycles. The van der Waals surface area contributed by atoms with Gasteiger partial charge >= 0.3 is 0 Å². The number of hydrogen-bond acceptors (Lipinski definition) is 3. The van der Waals surface area contributed by atoms with Gasteiger partial charge in [-0.15, -0.1) is 0 Å². The van der Waals surface area contributed by atoms with E-state index in [4.69, 9.17) is 16.3 Å². The number of hydrogen-bond donors (Lipinski definition) is 2. The molecule has 0 saturated carbocycles. The van der Waals surface area contributed by atoms with Crippen LogP contribution in [0.15, 0.2) is 12.1 Å². The second kappa shape index (κ2) is 6.00. The van der Waals surface area contributed by atoms with Crippen molar-refractivity contribution in [3.63, 3.8) is 0 Å². The zero-order valence-corrected chi connectivity index (χ0v) is 13.6. The fourth-order valence-electron chi connectivity index (χ4n) is 3.36. The van der Waals surface area contributed by atoms with Crippen molar-refractivity contribution in [3.8, 4) is 0 Å². The number of amides is 1. The van der Waals surface area contributed by atoms with E-state index in [1.807, 2.05) is 0 Å². The lowest BCUT2D eigenvalue weighted by molar-refractivity contribution is 0.00699. The molecule has 4 nitrogen and oxygen atoms in total. The highest BCUT2D eigenvalue weighted by molar-refractivity contribution is 7.96. The fourth-order valence-corrected chi connectivity index (χ4v) is 3.82.